The molecule has 3 N–H and O–H groups in total. The Morgan fingerprint density at radius 1 is 1.07 bits per heavy atom. The van der Waals surface area contributed by atoms with Crippen molar-refractivity contribution in [3.8, 4) is 11.5 Å². The highest BCUT2D eigenvalue weighted by molar-refractivity contribution is 6.32. The van der Waals surface area contributed by atoms with E-state index >= 15 is 0 Å². The van der Waals surface area contributed by atoms with Gasteiger partial charge in [0.2, 0.25) is 0 Å². The van der Waals surface area contributed by atoms with Crippen LogP contribution in [-0.2, 0) is 17.8 Å². The molecule has 0 aromatic heterocycles. The van der Waals surface area contributed by atoms with E-state index in [4.69, 9.17) is 26.8 Å². The van der Waals surface area contributed by atoms with Crippen LogP contribution >= 0.6 is 11.6 Å². The molecule has 1 aliphatic carbocycles. The van der Waals surface area contributed by atoms with Crippen LogP contribution in [0.5, 0.6) is 11.5 Å². The fourth-order valence-corrected chi connectivity index (χ4v) is 7.22. The summed E-state index contributed by atoms with van der Waals surface area (Å²) in [6.45, 7) is 3.42. The number of nitrogens with two attached hydrogens (primary N) is 1. The summed E-state index contributed by atoms with van der Waals surface area (Å²) in [5.41, 5.74) is 12.5. The number of hydrogen-bond donors (Lipinski definition) is 2. The van der Waals surface area contributed by atoms with Crippen LogP contribution in [0.25, 0.3) is 5.57 Å². The summed E-state index contributed by atoms with van der Waals surface area (Å²) in [5.74, 6) is -0.322. The topological polar surface area (TPSA) is 76.8 Å². The Labute approximate surface area is 274 Å². The monoisotopic (exact) mass is 649 g/mol. The van der Waals surface area contributed by atoms with Crippen LogP contribution < -0.4 is 20.5 Å². The van der Waals surface area contributed by atoms with Crippen molar-refractivity contribution in [1.29, 1.82) is 0 Å². The number of aryl methyl sites for hydroxylation is 1. The van der Waals surface area contributed by atoms with Gasteiger partial charge in [0.25, 0.3) is 5.91 Å². The third-order valence-corrected chi connectivity index (χ3v) is 10.0. The molecule has 6 nitrogen and oxygen atoms in total. The second-order valence-electron chi connectivity index (χ2n) is 12.8. The molecule has 244 valence electrons. The first kappa shape index (κ1) is 32.5. The highest BCUT2D eigenvalue weighted by Crippen LogP contribution is 2.41. The largest absolute Gasteiger partial charge is 0.496 e. The van der Waals surface area contributed by atoms with E-state index in [-0.39, 0.29) is 41.4 Å². The number of hydrogen-bond acceptors (Lipinski definition) is 5. The lowest BCUT2D eigenvalue weighted by Gasteiger charge is -2.43. The summed E-state index contributed by atoms with van der Waals surface area (Å²) in [4.78, 5) is 16.7. The van der Waals surface area contributed by atoms with Crippen molar-refractivity contribution < 1.29 is 23.0 Å². The number of carbonyl (C=O) groups excluding carboxylic acids is 1. The van der Waals surface area contributed by atoms with Gasteiger partial charge in [0.05, 0.1) is 13.7 Å². The predicted molar refractivity (Wildman–Crippen MR) is 177 cm³/mol. The zero-order chi connectivity index (χ0) is 32.4. The molecule has 2 heterocycles. The first-order valence-electron chi connectivity index (χ1n) is 16.3. The van der Waals surface area contributed by atoms with Gasteiger partial charge in [0.1, 0.15) is 16.6 Å². The van der Waals surface area contributed by atoms with Crippen LogP contribution in [0.1, 0.15) is 60.8 Å². The van der Waals surface area contributed by atoms with Crippen molar-refractivity contribution >= 4 is 23.1 Å². The summed E-state index contributed by atoms with van der Waals surface area (Å²) in [6.07, 6.45) is 5.95. The van der Waals surface area contributed by atoms with Crippen LogP contribution in [-0.4, -0.2) is 49.2 Å². The maximum Gasteiger partial charge on any atom is 0.252 e. The Morgan fingerprint density at radius 2 is 1.83 bits per heavy atom. The number of nitrogens with zero attached hydrogens (tertiary/aromatic N) is 1. The van der Waals surface area contributed by atoms with Gasteiger partial charge >= 0.3 is 0 Å². The number of ether oxygens (including phenoxy) is 2. The summed E-state index contributed by atoms with van der Waals surface area (Å²) in [5, 5.41) is 3.43. The van der Waals surface area contributed by atoms with E-state index in [1.54, 1.807) is 7.11 Å². The fourth-order valence-electron chi connectivity index (χ4n) is 7.01. The van der Waals surface area contributed by atoms with Gasteiger partial charge in [0.15, 0.2) is 11.6 Å². The van der Waals surface area contributed by atoms with Crippen LogP contribution in [0.15, 0.2) is 60.2 Å². The van der Waals surface area contributed by atoms with Crippen molar-refractivity contribution in [1.82, 2.24) is 10.2 Å². The van der Waals surface area contributed by atoms with Crippen molar-refractivity contribution in [2.24, 2.45) is 11.7 Å². The molecule has 2 fully saturated rings. The molecular formula is C37H42ClF2N3O3. The second-order valence-corrected chi connectivity index (χ2v) is 13.2. The smallest absolute Gasteiger partial charge is 0.252 e. The molecular weight excluding hydrogens is 608 g/mol. The van der Waals surface area contributed by atoms with Crippen molar-refractivity contribution in [3.05, 3.63) is 99.1 Å². The maximum atomic E-state index is 14.6. The van der Waals surface area contributed by atoms with Crippen molar-refractivity contribution in [2.45, 2.75) is 76.5 Å². The number of rotatable bonds is 12. The quantitative estimate of drug-likeness (QED) is 0.163. The van der Waals surface area contributed by atoms with E-state index in [0.29, 0.717) is 31.8 Å². The average Bonchev–Trinajstić information content (AvgIpc) is 3.91. The molecule has 6 rings (SSSR count). The second kappa shape index (κ2) is 14.1. The number of methoxy groups -OCH3 is 1. The van der Waals surface area contributed by atoms with Gasteiger partial charge in [-0.15, -0.1) is 0 Å². The van der Waals surface area contributed by atoms with Gasteiger partial charge in [-0.2, -0.15) is 0 Å². The Bertz CT molecular complexity index is 1610. The van der Waals surface area contributed by atoms with Crippen molar-refractivity contribution in [2.75, 3.05) is 20.3 Å². The Morgan fingerprint density at radius 3 is 2.54 bits per heavy atom. The zero-order valence-corrected chi connectivity index (χ0v) is 27.2. The lowest BCUT2D eigenvalue weighted by atomic mass is 9.75. The third-order valence-electron chi connectivity index (χ3n) is 9.68. The lowest BCUT2D eigenvalue weighted by Crippen LogP contribution is -2.54. The first-order chi connectivity index (χ1) is 22.3. The molecule has 3 aromatic rings. The number of halogens is 3. The molecule has 0 spiro atoms. The molecule has 3 atom stereocenters. The fraction of sp³-hybridized carbons (Fsp3) is 0.432. The SMILES string of the molecule is COc1cccc(CN(C(=O)C2=C(c3ccc(CCCOc4c(F)ccc(F)c4Cl)cc3)CC3CC(CN)CC2N3)C2CC2)c1C. The van der Waals surface area contributed by atoms with E-state index in [9.17, 15) is 13.6 Å². The van der Waals surface area contributed by atoms with E-state index in [2.05, 4.69) is 47.5 Å². The van der Waals surface area contributed by atoms with Gasteiger partial charge in [-0.05, 0) is 110 Å². The summed E-state index contributed by atoms with van der Waals surface area (Å²) < 4.78 is 38.8. The first-order valence-corrected chi connectivity index (χ1v) is 16.6. The predicted octanol–water partition coefficient (Wildman–Crippen LogP) is 6.99. The van der Waals surface area contributed by atoms with Gasteiger partial charge in [-0.1, -0.05) is 48.0 Å². The van der Waals surface area contributed by atoms with Gasteiger partial charge in [0, 0.05) is 30.2 Å². The van der Waals surface area contributed by atoms with Gasteiger partial charge in [-0.3, -0.25) is 4.79 Å². The molecule has 1 saturated heterocycles. The Balaban J connectivity index is 1.23. The summed E-state index contributed by atoms with van der Waals surface area (Å²) in [7, 11) is 1.68. The Hall–Kier alpha value is -3.46. The van der Waals surface area contributed by atoms with Crippen LogP contribution in [0.2, 0.25) is 5.02 Å². The third kappa shape index (κ3) is 6.94. The molecule has 9 heteroatoms. The molecule has 46 heavy (non-hydrogen) atoms. The van der Waals surface area contributed by atoms with Crippen LogP contribution in [0.4, 0.5) is 8.78 Å². The van der Waals surface area contributed by atoms with Crippen LogP contribution in [0.3, 0.4) is 0 Å². The minimum atomic E-state index is -0.711. The van der Waals surface area contributed by atoms with E-state index in [1.807, 2.05) is 12.1 Å². The van der Waals surface area contributed by atoms with Gasteiger partial charge < -0.3 is 25.4 Å². The molecule has 2 bridgehead atoms. The maximum absolute atomic E-state index is 14.6. The van der Waals surface area contributed by atoms with Gasteiger partial charge in [-0.25, -0.2) is 8.78 Å². The molecule has 3 aliphatic rings. The number of benzene rings is 3. The summed E-state index contributed by atoms with van der Waals surface area (Å²) >= 11 is 5.88. The van der Waals surface area contributed by atoms with Crippen molar-refractivity contribution in [3.63, 3.8) is 0 Å². The van der Waals surface area contributed by atoms with Crippen LogP contribution in [0, 0.1) is 24.5 Å². The minimum Gasteiger partial charge on any atom is -0.496 e. The number of nitrogens with one attached hydrogen (secondary N) is 1. The number of carbonyl (C=O) groups is 1. The minimum absolute atomic E-state index is 0.0388. The molecule has 2 aliphatic heterocycles. The standard InChI is InChI=1S/C37H42ClF2N3O3/c1-22-26(6-3-7-33(22)45-2)21-43(28-12-13-28)37(44)34-29(19-27-17-24(20-41)18-32(34)42-27)25-10-8-23(9-11-25)5-4-16-46-36-31(40)15-14-30(39)35(36)38/h3,6-11,14-15,24,27-28,32,42H,4-5,12-13,16-21,41H2,1-2H3. The van der Waals surface area contributed by atoms with E-state index < -0.39 is 11.6 Å². The number of fused-ring (bicyclic) bond motifs is 2. The number of piperidine rings is 1. The molecule has 1 amide bonds. The number of amides is 1. The molecule has 3 unspecified atom stereocenters. The normalized spacial score (nSPS) is 20.9. The van der Waals surface area contributed by atoms with E-state index in [1.165, 1.54) is 0 Å². The average molecular weight is 650 g/mol. The highest BCUT2D eigenvalue weighted by Gasteiger charge is 2.42. The zero-order valence-electron chi connectivity index (χ0n) is 26.5. The Kier molecular flexibility index (Phi) is 9.97. The highest BCUT2D eigenvalue weighted by atomic mass is 35.5. The molecule has 1 saturated carbocycles. The van der Waals surface area contributed by atoms with E-state index in [0.717, 1.165) is 83.4 Å². The summed E-state index contributed by atoms with van der Waals surface area (Å²) in [6, 6.07) is 16.9. The molecule has 0 radical (unpaired) electrons. The lowest BCUT2D eigenvalue weighted by molar-refractivity contribution is -0.128. The molecule has 3 aromatic carbocycles.